The fourth-order valence-corrected chi connectivity index (χ4v) is 4.72. The maximum atomic E-state index is 12.9. The Balaban J connectivity index is 1.53. The molecule has 1 amide bonds. The normalized spacial score (nSPS) is 18.2. The van der Waals surface area contributed by atoms with E-state index in [0.29, 0.717) is 30.9 Å². The van der Waals surface area contributed by atoms with E-state index in [1.165, 1.54) is 29.4 Å². The van der Waals surface area contributed by atoms with Crippen LogP contribution in [0.4, 0.5) is 10.3 Å². The molecule has 1 atom stereocenters. The van der Waals surface area contributed by atoms with Crippen molar-refractivity contribution in [3.05, 3.63) is 53.6 Å². The second-order valence-electron chi connectivity index (χ2n) is 6.57. The highest BCUT2D eigenvalue weighted by Crippen LogP contribution is 2.18. The molecule has 0 saturated carbocycles. The molecule has 1 unspecified atom stereocenters. The fraction of sp³-hybridized carbons (Fsp3) is 0.389. The lowest BCUT2D eigenvalue weighted by Gasteiger charge is -2.23. The quantitative estimate of drug-likeness (QED) is 0.802. The number of aromatic nitrogens is 2. The molecule has 0 aliphatic carbocycles. The van der Waals surface area contributed by atoms with E-state index in [4.69, 9.17) is 0 Å². The van der Waals surface area contributed by atoms with Crippen molar-refractivity contribution >= 4 is 21.7 Å². The molecule has 1 aromatic heterocycles. The second-order valence-corrected chi connectivity index (χ2v) is 8.80. The lowest BCUT2D eigenvalue weighted by atomic mass is 10.1. The van der Waals surface area contributed by atoms with Crippen LogP contribution in [0, 0.1) is 5.82 Å². The molecule has 27 heavy (non-hydrogen) atoms. The Hall–Kier alpha value is -2.55. The Bertz CT molecular complexity index is 901. The third-order valence-electron chi connectivity index (χ3n) is 4.59. The number of sulfone groups is 1. The van der Waals surface area contributed by atoms with Gasteiger partial charge in [-0.25, -0.2) is 22.8 Å². The number of hydrogen-bond donors (Lipinski definition) is 1. The molecule has 1 aromatic carbocycles. The number of anilines is 1. The average molecular weight is 392 g/mol. The number of nitrogens with zero attached hydrogens (tertiary/aromatic N) is 3. The molecular formula is C18H21FN4O3S. The number of rotatable bonds is 6. The first-order valence-electron chi connectivity index (χ1n) is 8.62. The van der Waals surface area contributed by atoms with Gasteiger partial charge in [-0.2, -0.15) is 0 Å². The van der Waals surface area contributed by atoms with Crippen LogP contribution in [0.2, 0.25) is 0 Å². The van der Waals surface area contributed by atoms with Gasteiger partial charge in [0.2, 0.25) is 5.95 Å². The standard InChI is InChI=1S/C18H21FN4O3S/c1-23(16-7-9-27(25,26)12-16)17(24)14-10-21-18(22-11-14)20-8-6-13-2-4-15(19)5-3-13/h2-5,10-11,16H,6-9,12H2,1H3,(H,20,21,22). The first-order valence-corrected chi connectivity index (χ1v) is 10.4. The summed E-state index contributed by atoms with van der Waals surface area (Å²) in [6.45, 7) is 0.568. The first kappa shape index (κ1) is 19.2. The molecule has 0 radical (unpaired) electrons. The largest absolute Gasteiger partial charge is 0.354 e. The Kier molecular flexibility index (Phi) is 5.69. The monoisotopic (exact) mass is 392 g/mol. The summed E-state index contributed by atoms with van der Waals surface area (Å²) < 4.78 is 36.0. The zero-order valence-corrected chi connectivity index (χ0v) is 15.7. The van der Waals surface area contributed by atoms with Crippen molar-refractivity contribution < 1.29 is 17.6 Å². The number of carbonyl (C=O) groups is 1. The zero-order chi connectivity index (χ0) is 19.4. The summed E-state index contributed by atoms with van der Waals surface area (Å²) in [5.74, 6) is -0.0628. The molecule has 2 aromatic rings. The van der Waals surface area contributed by atoms with Crippen LogP contribution in [0.15, 0.2) is 36.7 Å². The lowest BCUT2D eigenvalue weighted by molar-refractivity contribution is 0.0747. The van der Waals surface area contributed by atoms with E-state index in [1.54, 1.807) is 19.2 Å². The Morgan fingerprint density at radius 3 is 2.52 bits per heavy atom. The number of nitrogens with one attached hydrogen (secondary N) is 1. The predicted molar refractivity (Wildman–Crippen MR) is 99.8 cm³/mol. The van der Waals surface area contributed by atoms with Gasteiger partial charge in [-0.3, -0.25) is 4.79 Å². The second kappa shape index (κ2) is 7.99. The number of carbonyl (C=O) groups excluding carboxylic acids is 1. The summed E-state index contributed by atoms with van der Waals surface area (Å²) in [6, 6.07) is 5.96. The highest BCUT2D eigenvalue weighted by atomic mass is 32.2. The van der Waals surface area contributed by atoms with Gasteiger partial charge in [-0.15, -0.1) is 0 Å². The predicted octanol–water partition coefficient (Wildman–Crippen LogP) is 1.53. The van der Waals surface area contributed by atoms with E-state index in [9.17, 15) is 17.6 Å². The SMILES string of the molecule is CN(C(=O)c1cnc(NCCc2ccc(F)cc2)nc1)C1CCS(=O)(=O)C1. The topological polar surface area (TPSA) is 92.3 Å². The van der Waals surface area contributed by atoms with E-state index in [2.05, 4.69) is 15.3 Å². The first-order chi connectivity index (χ1) is 12.8. The van der Waals surface area contributed by atoms with Crippen molar-refractivity contribution in [2.75, 3.05) is 30.4 Å². The minimum Gasteiger partial charge on any atom is -0.354 e. The number of halogens is 1. The molecule has 1 aliphatic heterocycles. The molecular weight excluding hydrogens is 371 g/mol. The van der Waals surface area contributed by atoms with Gasteiger partial charge in [-0.05, 0) is 30.5 Å². The third kappa shape index (κ3) is 5.00. The van der Waals surface area contributed by atoms with Crippen LogP contribution in [0.3, 0.4) is 0 Å². The minimum atomic E-state index is -3.05. The van der Waals surface area contributed by atoms with Crippen molar-refractivity contribution in [2.45, 2.75) is 18.9 Å². The minimum absolute atomic E-state index is 0.000871. The average Bonchev–Trinajstić information content (AvgIpc) is 3.02. The maximum Gasteiger partial charge on any atom is 0.257 e. The molecule has 0 spiro atoms. The molecule has 7 nitrogen and oxygen atoms in total. The van der Waals surface area contributed by atoms with E-state index in [-0.39, 0.29) is 29.3 Å². The fourth-order valence-electron chi connectivity index (χ4n) is 2.95. The summed E-state index contributed by atoms with van der Waals surface area (Å²) in [6.07, 6.45) is 3.99. The van der Waals surface area contributed by atoms with Gasteiger partial charge in [-0.1, -0.05) is 12.1 Å². The van der Waals surface area contributed by atoms with E-state index >= 15 is 0 Å². The summed E-state index contributed by atoms with van der Waals surface area (Å²) in [5, 5.41) is 3.05. The van der Waals surface area contributed by atoms with Gasteiger partial charge in [0.15, 0.2) is 9.84 Å². The van der Waals surface area contributed by atoms with Crippen LogP contribution >= 0.6 is 0 Å². The summed E-state index contributed by atoms with van der Waals surface area (Å²) >= 11 is 0. The van der Waals surface area contributed by atoms with E-state index < -0.39 is 9.84 Å². The molecule has 144 valence electrons. The van der Waals surface area contributed by atoms with Gasteiger partial charge in [0.1, 0.15) is 5.82 Å². The van der Waals surface area contributed by atoms with Crippen molar-refractivity contribution in [3.63, 3.8) is 0 Å². The molecule has 9 heteroatoms. The van der Waals surface area contributed by atoms with E-state index in [0.717, 1.165) is 5.56 Å². The van der Waals surface area contributed by atoms with Crippen molar-refractivity contribution in [3.8, 4) is 0 Å². The van der Waals surface area contributed by atoms with Crippen LogP contribution in [0.25, 0.3) is 0 Å². The lowest BCUT2D eigenvalue weighted by Crippen LogP contribution is -2.37. The summed E-state index contributed by atoms with van der Waals surface area (Å²) in [4.78, 5) is 22.2. The number of hydrogen-bond acceptors (Lipinski definition) is 6. The molecule has 1 saturated heterocycles. The van der Waals surface area contributed by atoms with Gasteiger partial charge >= 0.3 is 0 Å². The number of benzene rings is 1. The van der Waals surface area contributed by atoms with Crippen LogP contribution in [-0.2, 0) is 16.3 Å². The Labute approximate surface area is 157 Å². The van der Waals surface area contributed by atoms with Gasteiger partial charge in [0.05, 0.1) is 17.1 Å². The molecule has 1 aliphatic rings. The van der Waals surface area contributed by atoms with Crippen LogP contribution in [0.1, 0.15) is 22.3 Å². The van der Waals surface area contributed by atoms with E-state index in [1.807, 2.05) is 0 Å². The molecule has 1 fully saturated rings. The Morgan fingerprint density at radius 2 is 1.93 bits per heavy atom. The van der Waals surface area contributed by atoms with Gasteiger partial charge in [0.25, 0.3) is 5.91 Å². The summed E-state index contributed by atoms with van der Waals surface area (Å²) in [5.41, 5.74) is 1.30. The maximum absolute atomic E-state index is 12.9. The third-order valence-corrected chi connectivity index (χ3v) is 6.34. The van der Waals surface area contributed by atoms with Crippen LogP contribution in [0.5, 0.6) is 0 Å². The highest BCUT2D eigenvalue weighted by Gasteiger charge is 2.33. The molecule has 3 rings (SSSR count). The van der Waals surface area contributed by atoms with Gasteiger partial charge < -0.3 is 10.2 Å². The zero-order valence-electron chi connectivity index (χ0n) is 14.9. The van der Waals surface area contributed by atoms with Crippen LogP contribution < -0.4 is 5.32 Å². The number of amides is 1. The van der Waals surface area contributed by atoms with Crippen molar-refractivity contribution in [1.82, 2.24) is 14.9 Å². The van der Waals surface area contributed by atoms with Gasteiger partial charge in [0, 0.05) is 32.0 Å². The summed E-state index contributed by atoms with van der Waals surface area (Å²) in [7, 11) is -1.45. The van der Waals surface area contributed by atoms with Crippen LogP contribution in [-0.4, -0.2) is 60.3 Å². The smallest absolute Gasteiger partial charge is 0.257 e. The molecule has 2 heterocycles. The Morgan fingerprint density at radius 1 is 1.26 bits per heavy atom. The molecule has 1 N–H and O–H groups in total. The molecule has 0 bridgehead atoms. The highest BCUT2D eigenvalue weighted by molar-refractivity contribution is 7.91. The van der Waals surface area contributed by atoms with Crippen molar-refractivity contribution in [2.24, 2.45) is 0 Å². The van der Waals surface area contributed by atoms with Crippen molar-refractivity contribution in [1.29, 1.82) is 0 Å².